The highest BCUT2D eigenvalue weighted by atomic mass is 32.1. The van der Waals surface area contributed by atoms with Gasteiger partial charge in [0, 0.05) is 13.0 Å². The Balaban J connectivity index is 2.07. The highest BCUT2D eigenvalue weighted by Crippen LogP contribution is 2.28. The van der Waals surface area contributed by atoms with Crippen molar-refractivity contribution in [2.75, 3.05) is 20.8 Å². The summed E-state index contributed by atoms with van der Waals surface area (Å²) in [5, 5.41) is 13.7. The maximum Gasteiger partial charge on any atom is 0.160 e. The number of rotatable bonds is 7. The molecule has 0 spiro atoms. The summed E-state index contributed by atoms with van der Waals surface area (Å²) in [4.78, 5) is 0. The molecule has 2 rings (SSSR count). The van der Waals surface area contributed by atoms with E-state index < -0.39 is 0 Å². The Hall–Kier alpha value is -1.66. The van der Waals surface area contributed by atoms with Crippen molar-refractivity contribution in [3.8, 4) is 11.5 Å². The Morgan fingerprint density at radius 1 is 1.10 bits per heavy atom. The van der Waals surface area contributed by atoms with Crippen LogP contribution >= 0.6 is 11.3 Å². The Morgan fingerprint density at radius 2 is 1.85 bits per heavy atom. The fraction of sp³-hybridized carbons (Fsp3) is 0.429. The van der Waals surface area contributed by atoms with Gasteiger partial charge in [-0.2, -0.15) is 0 Å². The summed E-state index contributed by atoms with van der Waals surface area (Å²) in [6, 6.07) is 5.91. The summed E-state index contributed by atoms with van der Waals surface area (Å²) in [5.74, 6) is 1.48. The van der Waals surface area contributed by atoms with Crippen LogP contribution in [-0.2, 0) is 13.0 Å². The van der Waals surface area contributed by atoms with Gasteiger partial charge in [-0.3, -0.25) is 0 Å². The molecule has 0 saturated carbocycles. The lowest BCUT2D eigenvalue weighted by Crippen LogP contribution is -2.11. The van der Waals surface area contributed by atoms with E-state index in [4.69, 9.17) is 9.47 Å². The predicted molar refractivity (Wildman–Crippen MR) is 79.6 cm³/mol. The molecule has 0 aliphatic carbocycles. The Morgan fingerprint density at radius 3 is 2.55 bits per heavy atom. The lowest BCUT2D eigenvalue weighted by atomic mass is 10.1. The van der Waals surface area contributed by atoms with Crippen molar-refractivity contribution in [1.82, 2.24) is 15.5 Å². The van der Waals surface area contributed by atoms with Gasteiger partial charge in [0.15, 0.2) is 11.5 Å². The van der Waals surface area contributed by atoms with Crippen LogP contribution in [-0.4, -0.2) is 31.0 Å². The molecular formula is C14H19N3O2S. The molecule has 0 amide bonds. The third-order valence-electron chi connectivity index (χ3n) is 2.84. The summed E-state index contributed by atoms with van der Waals surface area (Å²) >= 11 is 1.63. The van der Waals surface area contributed by atoms with Gasteiger partial charge in [-0.05, 0) is 24.2 Å². The van der Waals surface area contributed by atoms with Crippen LogP contribution in [0.1, 0.15) is 22.5 Å². The molecule has 0 radical (unpaired) electrons. The molecule has 108 valence electrons. The van der Waals surface area contributed by atoms with E-state index in [1.807, 2.05) is 18.2 Å². The summed E-state index contributed by atoms with van der Waals surface area (Å²) in [6.45, 7) is 3.79. The smallest absolute Gasteiger partial charge is 0.160 e. The van der Waals surface area contributed by atoms with E-state index in [0.29, 0.717) is 0 Å². The van der Waals surface area contributed by atoms with E-state index in [9.17, 15) is 0 Å². The fourth-order valence-corrected chi connectivity index (χ4v) is 2.68. The first-order valence-electron chi connectivity index (χ1n) is 6.49. The summed E-state index contributed by atoms with van der Waals surface area (Å²) < 4.78 is 10.5. The molecule has 0 atom stereocenters. The van der Waals surface area contributed by atoms with Crippen molar-refractivity contribution in [3.05, 3.63) is 33.8 Å². The molecule has 0 aliphatic rings. The fourth-order valence-electron chi connectivity index (χ4n) is 1.83. The molecule has 1 heterocycles. The van der Waals surface area contributed by atoms with E-state index in [1.165, 1.54) is 0 Å². The Bertz CT molecular complexity index is 557. The second-order valence-corrected chi connectivity index (χ2v) is 5.38. The van der Waals surface area contributed by atoms with Crippen molar-refractivity contribution in [1.29, 1.82) is 0 Å². The van der Waals surface area contributed by atoms with Crippen LogP contribution in [0.5, 0.6) is 11.5 Å². The lowest BCUT2D eigenvalue weighted by molar-refractivity contribution is 0.354. The molecule has 1 aromatic heterocycles. The van der Waals surface area contributed by atoms with Crippen molar-refractivity contribution in [3.63, 3.8) is 0 Å². The van der Waals surface area contributed by atoms with Gasteiger partial charge in [0.05, 0.1) is 14.2 Å². The zero-order chi connectivity index (χ0) is 14.4. The van der Waals surface area contributed by atoms with Gasteiger partial charge in [-0.15, -0.1) is 10.2 Å². The molecular weight excluding hydrogens is 274 g/mol. The highest BCUT2D eigenvalue weighted by Gasteiger charge is 2.08. The minimum absolute atomic E-state index is 0.737. The van der Waals surface area contributed by atoms with E-state index >= 15 is 0 Å². The number of benzene rings is 1. The summed E-state index contributed by atoms with van der Waals surface area (Å²) in [7, 11) is 3.27. The van der Waals surface area contributed by atoms with Crippen LogP contribution in [0.2, 0.25) is 0 Å². The normalized spacial score (nSPS) is 10.6. The topological polar surface area (TPSA) is 56.3 Å². The van der Waals surface area contributed by atoms with Gasteiger partial charge < -0.3 is 14.8 Å². The van der Waals surface area contributed by atoms with E-state index in [-0.39, 0.29) is 0 Å². The molecule has 1 N–H and O–H groups in total. The lowest BCUT2D eigenvalue weighted by Gasteiger charge is -2.08. The van der Waals surface area contributed by atoms with Gasteiger partial charge >= 0.3 is 0 Å². The van der Waals surface area contributed by atoms with E-state index in [0.717, 1.165) is 46.6 Å². The summed E-state index contributed by atoms with van der Waals surface area (Å²) in [5.41, 5.74) is 1.13. The Labute approximate surface area is 123 Å². The standard InChI is InChI=1S/C14H19N3O2S/c1-4-15-9-14-17-16-13(20-14)8-10-5-6-11(18-2)12(7-10)19-3/h5-7,15H,4,8-9H2,1-3H3. The van der Waals surface area contributed by atoms with Gasteiger partial charge in [0.25, 0.3) is 0 Å². The number of aromatic nitrogens is 2. The minimum Gasteiger partial charge on any atom is -0.493 e. The van der Waals surface area contributed by atoms with Crippen molar-refractivity contribution < 1.29 is 9.47 Å². The van der Waals surface area contributed by atoms with Crippen LogP contribution < -0.4 is 14.8 Å². The molecule has 2 aromatic rings. The Kier molecular flexibility index (Phi) is 5.31. The number of hydrogen-bond donors (Lipinski definition) is 1. The van der Waals surface area contributed by atoms with E-state index in [2.05, 4.69) is 22.4 Å². The van der Waals surface area contributed by atoms with Gasteiger partial charge in [-0.1, -0.05) is 24.3 Å². The molecule has 0 unspecified atom stereocenters. The quantitative estimate of drug-likeness (QED) is 0.848. The van der Waals surface area contributed by atoms with Crippen molar-refractivity contribution in [2.24, 2.45) is 0 Å². The number of nitrogens with zero attached hydrogens (tertiary/aromatic N) is 2. The second-order valence-electron chi connectivity index (χ2n) is 4.24. The molecule has 5 nitrogen and oxygen atoms in total. The number of methoxy groups -OCH3 is 2. The SMILES string of the molecule is CCNCc1nnc(Cc2ccc(OC)c(OC)c2)s1. The first-order valence-corrected chi connectivity index (χ1v) is 7.31. The maximum absolute atomic E-state index is 5.31. The minimum atomic E-state index is 0.737. The number of hydrogen-bond acceptors (Lipinski definition) is 6. The van der Waals surface area contributed by atoms with Crippen LogP contribution in [0.15, 0.2) is 18.2 Å². The molecule has 0 aliphatic heterocycles. The third-order valence-corrected chi connectivity index (χ3v) is 3.76. The molecule has 0 saturated heterocycles. The number of nitrogens with one attached hydrogen (secondary N) is 1. The third kappa shape index (κ3) is 3.68. The second kappa shape index (κ2) is 7.21. The maximum atomic E-state index is 5.31. The first kappa shape index (κ1) is 14.7. The average molecular weight is 293 g/mol. The van der Waals surface area contributed by atoms with Crippen LogP contribution in [0.4, 0.5) is 0 Å². The molecule has 0 bridgehead atoms. The van der Waals surface area contributed by atoms with Crippen LogP contribution in [0, 0.1) is 0 Å². The average Bonchev–Trinajstić information content (AvgIpc) is 2.92. The van der Waals surface area contributed by atoms with Crippen LogP contribution in [0.25, 0.3) is 0 Å². The van der Waals surface area contributed by atoms with Gasteiger partial charge in [0.1, 0.15) is 10.0 Å². The van der Waals surface area contributed by atoms with E-state index in [1.54, 1.807) is 25.6 Å². The molecule has 6 heteroatoms. The zero-order valence-corrected chi connectivity index (χ0v) is 12.8. The van der Waals surface area contributed by atoms with Crippen molar-refractivity contribution in [2.45, 2.75) is 19.9 Å². The molecule has 0 fully saturated rings. The summed E-state index contributed by atoms with van der Waals surface area (Å²) in [6.07, 6.45) is 0.754. The van der Waals surface area contributed by atoms with Crippen molar-refractivity contribution >= 4 is 11.3 Å². The molecule has 1 aromatic carbocycles. The number of ether oxygens (including phenoxy) is 2. The first-order chi connectivity index (χ1) is 9.76. The monoisotopic (exact) mass is 293 g/mol. The van der Waals surface area contributed by atoms with Crippen LogP contribution in [0.3, 0.4) is 0 Å². The van der Waals surface area contributed by atoms with Gasteiger partial charge in [0.2, 0.25) is 0 Å². The molecule has 20 heavy (non-hydrogen) atoms. The highest BCUT2D eigenvalue weighted by molar-refractivity contribution is 7.11. The predicted octanol–water partition coefficient (Wildman–Crippen LogP) is 2.26. The zero-order valence-electron chi connectivity index (χ0n) is 12.0. The van der Waals surface area contributed by atoms with Gasteiger partial charge in [-0.25, -0.2) is 0 Å². The largest absolute Gasteiger partial charge is 0.493 e.